The van der Waals surface area contributed by atoms with Gasteiger partial charge in [-0.25, -0.2) is 0 Å². The van der Waals surface area contributed by atoms with Crippen molar-refractivity contribution in [3.05, 3.63) is 29.8 Å². The third kappa shape index (κ3) is 2.55. The highest BCUT2D eigenvalue weighted by Gasteiger charge is 1.99. The highest BCUT2D eigenvalue weighted by Crippen LogP contribution is 2.13. The molecule has 1 atom stereocenters. The minimum Gasteiger partial charge on any atom is -0.399 e. The predicted molar refractivity (Wildman–Crippen MR) is 50.9 cm³/mol. The Labute approximate surface area is 73.0 Å². The van der Waals surface area contributed by atoms with Crippen molar-refractivity contribution in [3.63, 3.8) is 0 Å². The number of para-hydroxylation sites is 1. The molecule has 0 spiro atoms. The molecule has 1 rings (SSSR count). The van der Waals surface area contributed by atoms with E-state index in [1.807, 2.05) is 24.3 Å². The molecule has 0 saturated carbocycles. The minimum atomic E-state index is -0.246. The van der Waals surface area contributed by atoms with Crippen LogP contribution in [0.4, 0.5) is 5.69 Å². The largest absolute Gasteiger partial charge is 0.399 e. The Hall–Kier alpha value is -1.02. The van der Waals surface area contributed by atoms with Gasteiger partial charge in [-0.05, 0) is 31.4 Å². The van der Waals surface area contributed by atoms with E-state index in [0.717, 1.165) is 24.1 Å². The zero-order valence-electron chi connectivity index (χ0n) is 7.33. The number of anilines is 1. The summed E-state index contributed by atoms with van der Waals surface area (Å²) >= 11 is 0. The number of nitrogens with two attached hydrogens (primary N) is 1. The minimum absolute atomic E-state index is 0.246. The van der Waals surface area contributed by atoms with Crippen LogP contribution in [-0.4, -0.2) is 11.2 Å². The smallest absolute Gasteiger partial charge is 0.0515 e. The second-order valence-corrected chi connectivity index (χ2v) is 3.09. The molecule has 0 saturated heterocycles. The number of hydrogen-bond donors (Lipinski definition) is 2. The lowest BCUT2D eigenvalue weighted by atomic mass is 10.1. The number of rotatable bonds is 3. The normalized spacial score (nSPS) is 12.8. The Morgan fingerprint density at radius 3 is 2.67 bits per heavy atom. The second kappa shape index (κ2) is 4.12. The zero-order chi connectivity index (χ0) is 8.97. The van der Waals surface area contributed by atoms with Crippen LogP contribution < -0.4 is 5.73 Å². The molecule has 66 valence electrons. The fourth-order valence-electron chi connectivity index (χ4n) is 1.13. The molecule has 0 aliphatic carbocycles. The van der Waals surface area contributed by atoms with E-state index in [9.17, 15) is 0 Å². The number of nitrogen functional groups attached to an aromatic ring is 1. The first kappa shape index (κ1) is 9.07. The van der Waals surface area contributed by atoms with Crippen molar-refractivity contribution in [1.29, 1.82) is 0 Å². The molecule has 0 aliphatic heterocycles. The van der Waals surface area contributed by atoms with Crippen LogP contribution in [0.15, 0.2) is 24.3 Å². The quantitative estimate of drug-likeness (QED) is 0.668. The molecule has 3 N–H and O–H groups in total. The van der Waals surface area contributed by atoms with Crippen LogP contribution in [0.1, 0.15) is 18.9 Å². The van der Waals surface area contributed by atoms with Gasteiger partial charge in [0.1, 0.15) is 0 Å². The standard InChI is InChI=1S/C10H15NO/c1-8(12)6-7-9-4-2-3-5-10(9)11/h2-5,8,12H,6-7,11H2,1H3/t8-/m1/s1. The van der Waals surface area contributed by atoms with Crippen molar-refractivity contribution < 1.29 is 5.11 Å². The van der Waals surface area contributed by atoms with Crippen LogP contribution >= 0.6 is 0 Å². The van der Waals surface area contributed by atoms with Crippen molar-refractivity contribution >= 4 is 5.69 Å². The molecule has 0 aliphatic rings. The van der Waals surface area contributed by atoms with Gasteiger partial charge in [0.05, 0.1) is 6.10 Å². The summed E-state index contributed by atoms with van der Waals surface area (Å²) in [6, 6.07) is 7.77. The number of benzene rings is 1. The van der Waals surface area contributed by atoms with Crippen LogP contribution in [-0.2, 0) is 6.42 Å². The van der Waals surface area contributed by atoms with Gasteiger partial charge in [0.15, 0.2) is 0 Å². The number of aliphatic hydroxyl groups is 1. The Morgan fingerprint density at radius 2 is 2.08 bits per heavy atom. The monoisotopic (exact) mass is 165 g/mol. The van der Waals surface area contributed by atoms with Crippen molar-refractivity contribution in [2.75, 3.05) is 5.73 Å². The van der Waals surface area contributed by atoms with Crippen molar-refractivity contribution in [2.45, 2.75) is 25.9 Å². The second-order valence-electron chi connectivity index (χ2n) is 3.09. The summed E-state index contributed by atoms with van der Waals surface area (Å²) in [7, 11) is 0. The van der Waals surface area contributed by atoms with Gasteiger partial charge in [0.25, 0.3) is 0 Å². The SMILES string of the molecule is C[C@@H](O)CCc1ccccc1N. The molecule has 0 radical (unpaired) electrons. The summed E-state index contributed by atoms with van der Waals surface area (Å²) in [5.74, 6) is 0. The summed E-state index contributed by atoms with van der Waals surface area (Å²) < 4.78 is 0. The zero-order valence-corrected chi connectivity index (χ0v) is 7.33. The molecule has 0 amide bonds. The van der Waals surface area contributed by atoms with E-state index < -0.39 is 0 Å². The van der Waals surface area contributed by atoms with Crippen molar-refractivity contribution in [3.8, 4) is 0 Å². The van der Waals surface area contributed by atoms with E-state index >= 15 is 0 Å². The fourth-order valence-corrected chi connectivity index (χ4v) is 1.13. The van der Waals surface area contributed by atoms with Gasteiger partial charge in [0, 0.05) is 5.69 Å². The van der Waals surface area contributed by atoms with E-state index in [1.165, 1.54) is 0 Å². The van der Waals surface area contributed by atoms with Crippen LogP contribution in [0.3, 0.4) is 0 Å². The Balaban J connectivity index is 2.57. The van der Waals surface area contributed by atoms with E-state index in [0.29, 0.717) is 0 Å². The number of hydrogen-bond acceptors (Lipinski definition) is 2. The van der Waals surface area contributed by atoms with Crippen LogP contribution in [0, 0.1) is 0 Å². The first-order valence-electron chi connectivity index (χ1n) is 4.21. The molecule has 2 heteroatoms. The molecule has 1 aromatic rings. The van der Waals surface area contributed by atoms with Crippen LogP contribution in [0.25, 0.3) is 0 Å². The maximum Gasteiger partial charge on any atom is 0.0515 e. The van der Waals surface area contributed by atoms with Crippen LogP contribution in [0.2, 0.25) is 0 Å². The van der Waals surface area contributed by atoms with Gasteiger partial charge in [-0.15, -0.1) is 0 Å². The first-order chi connectivity index (χ1) is 5.70. The van der Waals surface area contributed by atoms with Gasteiger partial charge in [-0.3, -0.25) is 0 Å². The molecule has 0 unspecified atom stereocenters. The molecular weight excluding hydrogens is 150 g/mol. The van der Waals surface area contributed by atoms with Gasteiger partial charge >= 0.3 is 0 Å². The average Bonchev–Trinajstić information content (AvgIpc) is 2.03. The summed E-state index contributed by atoms with van der Waals surface area (Å²) in [6.45, 7) is 1.79. The lowest BCUT2D eigenvalue weighted by Crippen LogP contribution is -2.03. The van der Waals surface area contributed by atoms with E-state index in [-0.39, 0.29) is 6.10 Å². The lowest BCUT2D eigenvalue weighted by Gasteiger charge is -2.06. The number of aryl methyl sites for hydroxylation is 1. The van der Waals surface area contributed by atoms with E-state index in [4.69, 9.17) is 10.8 Å². The predicted octanol–water partition coefficient (Wildman–Crippen LogP) is 1.58. The Bertz CT molecular complexity index is 245. The van der Waals surface area contributed by atoms with Gasteiger partial charge in [-0.1, -0.05) is 18.2 Å². The van der Waals surface area contributed by atoms with Gasteiger partial charge in [-0.2, -0.15) is 0 Å². The van der Waals surface area contributed by atoms with Crippen molar-refractivity contribution in [2.24, 2.45) is 0 Å². The molecule has 12 heavy (non-hydrogen) atoms. The fraction of sp³-hybridized carbons (Fsp3) is 0.400. The maximum atomic E-state index is 9.06. The lowest BCUT2D eigenvalue weighted by molar-refractivity contribution is 0.185. The summed E-state index contributed by atoms with van der Waals surface area (Å²) in [4.78, 5) is 0. The molecule has 2 nitrogen and oxygen atoms in total. The Kier molecular flexibility index (Phi) is 3.11. The summed E-state index contributed by atoms with van der Waals surface area (Å²) in [5.41, 5.74) is 7.67. The maximum absolute atomic E-state index is 9.06. The highest BCUT2D eigenvalue weighted by atomic mass is 16.3. The molecule has 1 aromatic carbocycles. The third-order valence-electron chi connectivity index (χ3n) is 1.89. The molecule has 0 aromatic heterocycles. The Morgan fingerprint density at radius 1 is 1.42 bits per heavy atom. The third-order valence-corrected chi connectivity index (χ3v) is 1.89. The van der Waals surface area contributed by atoms with Crippen LogP contribution in [0.5, 0.6) is 0 Å². The topological polar surface area (TPSA) is 46.2 Å². The average molecular weight is 165 g/mol. The van der Waals surface area contributed by atoms with Crippen molar-refractivity contribution in [1.82, 2.24) is 0 Å². The van der Waals surface area contributed by atoms with Gasteiger partial charge < -0.3 is 10.8 Å². The molecule has 0 fully saturated rings. The summed E-state index contributed by atoms with van der Waals surface area (Å²) in [6.07, 6.45) is 1.38. The first-order valence-corrected chi connectivity index (χ1v) is 4.21. The molecule has 0 heterocycles. The molecule has 0 bridgehead atoms. The highest BCUT2D eigenvalue weighted by molar-refractivity contribution is 5.46. The van der Waals surface area contributed by atoms with E-state index in [1.54, 1.807) is 6.92 Å². The molecular formula is C10H15NO. The summed E-state index contributed by atoms with van der Waals surface area (Å²) in [5, 5.41) is 9.06. The van der Waals surface area contributed by atoms with E-state index in [2.05, 4.69) is 0 Å². The number of aliphatic hydroxyl groups excluding tert-OH is 1. The van der Waals surface area contributed by atoms with Gasteiger partial charge in [0.2, 0.25) is 0 Å².